The van der Waals surface area contributed by atoms with Crippen LogP contribution in [0.2, 0.25) is 5.02 Å². The summed E-state index contributed by atoms with van der Waals surface area (Å²) in [4.78, 5) is 14.9. The van der Waals surface area contributed by atoms with Crippen molar-refractivity contribution < 1.29 is 13.9 Å². The van der Waals surface area contributed by atoms with Crippen LogP contribution in [-0.2, 0) is 11.2 Å². The third-order valence-corrected chi connectivity index (χ3v) is 4.21. The lowest BCUT2D eigenvalue weighted by molar-refractivity contribution is 0.166. The van der Waals surface area contributed by atoms with Crippen LogP contribution in [0.5, 0.6) is 0 Å². The van der Waals surface area contributed by atoms with E-state index in [-0.39, 0.29) is 5.02 Å². The van der Waals surface area contributed by atoms with Crippen LogP contribution in [-0.4, -0.2) is 18.2 Å². The van der Waals surface area contributed by atoms with E-state index in [1.807, 2.05) is 30.5 Å². The van der Waals surface area contributed by atoms with E-state index in [0.717, 1.165) is 16.5 Å². The molecule has 1 heterocycles. The number of hydrogen-bond donors (Lipinski definition) is 2. The summed E-state index contributed by atoms with van der Waals surface area (Å²) in [6.45, 7) is 0. The number of halogens is 2. The summed E-state index contributed by atoms with van der Waals surface area (Å²) in [6.07, 6.45) is 1.86. The van der Waals surface area contributed by atoms with Gasteiger partial charge in [-0.2, -0.15) is 0 Å². The summed E-state index contributed by atoms with van der Waals surface area (Å²) in [5.74, 6) is -0.496. The summed E-state index contributed by atoms with van der Waals surface area (Å²) in [5.41, 5.74) is 2.76. The number of alkyl carbamates (subject to hydrolysis) is 1. The van der Waals surface area contributed by atoms with Gasteiger partial charge in [0.1, 0.15) is 5.82 Å². The number of fused-ring (bicyclic) bond motifs is 1. The van der Waals surface area contributed by atoms with Gasteiger partial charge in [-0.15, -0.1) is 0 Å². The molecule has 24 heavy (non-hydrogen) atoms. The molecule has 2 aromatic carbocycles. The fraction of sp³-hybridized carbons (Fsp3) is 0.167. The Hall–Kier alpha value is -2.53. The highest BCUT2D eigenvalue weighted by Crippen LogP contribution is 2.27. The number of carbonyl (C=O) groups is 1. The van der Waals surface area contributed by atoms with Gasteiger partial charge in [0.15, 0.2) is 0 Å². The lowest BCUT2D eigenvalue weighted by atomic mass is 9.98. The van der Waals surface area contributed by atoms with Crippen LogP contribution in [0.1, 0.15) is 17.2 Å². The van der Waals surface area contributed by atoms with E-state index in [0.29, 0.717) is 12.0 Å². The van der Waals surface area contributed by atoms with Gasteiger partial charge < -0.3 is 15.0 Å². The molecule has 3 rings (SSSR count). The van der Waals surface area contributed by atoms with Gasteiger partial charge in [-0.05, 0) is 35.7 Å². The second-order valence-corrected chi connectivity index (χ2v) is 5.83. The van der Waals surface area contributed by atoms with E-state index in [9.17, 15) is 9.18 Å². The molecule has 0 spiro atoms. The second-order valence-electron chi connectivity index (χ2n) is 5.43. The first-order valence-electron chi connectivity index (χ1n) is 7.43. The van der Waals surface area contributed by atoms with E-state index in [4.69, 9.17) is 16.3 Å². The van der Waals surface area contributed by atoms with E-state index in [1.165, 1.54) is 19.2 Å². The molecule has 0 saturated heterocycles. The molecular formula is C18H16ClFN2O2. The average Bonchev–Trinajstić information content (AvgIpc) is 3.00. The molecule has 0 saturated carbocycles. The smallest absolute Gasteiger partial charge is 0.407 e. The number of methoxy groups -OCH3 is 1. The molecule has 0 bridgehead atoms. The van der Waals surface area contributed by atoms with Crippen LogP contribution in [0.4, 0.5) is 9.18 Å². The van der Waals surface area contributed by atoms with E-state index >= 15 is 0 Å². The molecule has 2 N–H and O–H groups in total. The van der Waals surface area contributed by atoms with E-state index < -0.39 is 18.0 Å². The minimum absolute atomic E-state index is 0.0168. The summed E-state index contributed by atoms with van der Waals surface area (Å²) in [7, 11) is 1.30. The lowest BCUT2D eigenvalue weighted by Crippen LogP contribution is -2.29. The predicted octanol–water partition coefficient (Wildman–Crippen LogP) is 4.60. The van der Waals surface area contributed by atoms with Crippen molar-refractivity contribution in [1.82, 2.24) is 10.3 Å². The Balaban J connectivity index is 1.95. The van der Waals surface area contributed by atoms with Crippen molar-refractivity contribution in [2.24, 2.45) is 0 Å². The van der Waals surface area contributed by atoms with Gasteiger partial charge in [-0.3, -0.25) is 0 Å². The van der Waals surface area contributed by atoms with Crippen LogP contribution in [0.25, 0.3) is 10.9 Å². The SMILES string of the molecule is COC(=O)NC(Cc1c[nH]c2ccccc12)c1ccc(F)c(Cl)c1. The molecule has 4 nitrogen and oxygen atoms in total. The number of amides is 1. The lowest BCUT2D eigenvalue weighted by Gasteiger charge is -2.18. The standard InChI is InChI=1S/C18H16ClFN2O2/c1-24-18(23)22-17(11-6-7-15(20)14(19)8-11)9-12-10-21-16-5-3-2-4-13(12)16/h2-8,10,17,21H,9H2,1H3,(H,22,23). The monoisotopic (exact) mass is 346 g/mol. The molecular weight excluding hydrogens is 331 g/mol. The maximum Gasteiger partial charge on any atom is 0.407 e. The number of benzene rings is 2. The molecule has 3 aromatic rings. The Morgan fingerprint density at radius 3 is 2.88 bits per heavy atom. The number of nitrogens with one attached hydrogen (secondary N) is 2. The van der Waals surface area contributed by atoms with Gasteiger partial charge in [0.25, 0.3) is 0 Å². The maximum atomic E-state index is 13.4. The zero-order chi connectivity index (χ0) is 17.1. The highest BCUT2D eigenvalue weighted by Gasteiger charge is 2.18. The van der Waals surface area contributed by atoms with Crippen molar-refractivity contribution in [1.29, 1.82) is 0 Å². The van der Waals surface area contributed by atoms with Crippen molar-refractivity contribution >= 4 is 28.6 Å². The highest BCUT2D eigenvalue weighted by molar-refractivity contribution is 6.30. The minimum Gasteiger partial charge on any atom is -0.453 e. The summed E-state index contributed by atoms with van der Waals surface area (Å²) in [6, 6.07) is 11.9. The van der Waals surface area contributed by atoms with E-state index in [1.54, 1.807) is 6.07 Å². The first kappa shape index (κ1) is 16.3. The summed E-state index contributed by atoms with van der Waals surface area (Å²) < 4.78 is 18.1. The Labute approximate surface area is 143 Å². The largest absolute Gasteiger partial charge is 0.453 e. The van der Waals surface area contributed by atoms with Gasteiger partial charge in [-0.25, -0.2) is 9.18 Å². The summed E-state index contributed by atoms with van der Waals surface area (Å²) in [5, 5.41) is 3.86. The van der Waals surface area contributed by atoms with Gasteiger partial charge >= 0.3 is 6.09 Å². The third kappa shape index (κ3) is 3.36. The van der Waals surface area contributed by atoms with Crippen molar-refractivity contribution in [2.75, 3.05) is 7.11 Å². The molecule has 6 heteroatoms. The molecule has 0 aliphatic carbocycles. The quantitative estimate of drug-likeness (QED) is 0.725. The fourth-order valence-corrected chi connectivity index (χ4v) is 2.89. The number of hydrogen-bond acceptors (Lipinski definition) is 2. The summed E-state index contributed by atoms with van der Waals surface area (Å²) >= 11 is 5.88. The number of rotatable bonds is 4. The Bertz CT molecular complexity index is 878. The Kier molecular flexibility index (Phi) is 4.71. The Morgan fingerprint density at radius 2 is 2.12 bits per heavy atom. The molecule has 1 atom stereocenters. The fourth-order valence-electron chi connectivity index (χ4n) is 2.70. The first-order chi connectivity index (χ1) is 11.6. The number of ether oxygens (including phenoxy) is 1. The molecule has 0 radical (unpaired) electrons. The molecule has 0 fully saturated rings. The molecule has 1 amide bonds. The first-order valence-corrected chi connectivity index (χ1v) is 7.80. The van der Waals surface area contributed by atoms with Crippen LogP contribution < -0.4 is 5.32 Å². The van der Waals surface area contributed by atoms with Crippen LogP contribution in [0.3, 0.4) is 0 Å². The number of H-pyrrole nitrogens is 1. The zero-order valence-electron chi connectivity index (χ0n) is 13.0. The van der Waals surface area contributed by atoms with Crippen molar-refractivity contribution in [3.63, 3.8) is 0 Å². The van der Waals surface area contributed by atoms with Gasteiger partial charge in [0.2, 0.25) is 0 Å². The number of aromatic nitrogens is 1. The number of carbonyl (C=O) groups excluding carboxylic acids is 1. The second kappa shape index (κ2) is 6.93. The molecule has 0 aliphatic rings. The minimum atomic E-state index is -0.555. The Morgan fingerprint density at radius 1 is 1.33 bits per heavy atom. The molecule has 1 unspecified atom stereocenters. The van der Waals surface area contributed by atoms with Crippen LogP contribution in [0, 0.1) is 5.82 Å². The van der Waals surface area contributed by atoms with Crippen LogP contribution in [0.15, 0.2) is 48.7 Å². The van der Waals surface area contributed by atoms with Crippen LogP contribution >= 0.6 is 11.6 Å². The topological polar surface area (TPSA) is 54.1 Å². The maximum absolute atomic E-state index is 13.4. The average molecular weight is 347 g/mol. The zero-order valence-corrected chi connectivity index (χ0v) is 13.7. The normalized spacial score (nSPS) is 12.1. The van der Waals surface area contributed by atoms with E-state index in [2.05, 4.69) is 10.3 Å². The van der Waals surface area contributed by atoms with Gasteiger partial charge in [0, 0.05) is 17.1 Å². The molecule has 0 aliphatic heterocycles. The number of para-hydroxylation sites is 1. The predicted molar refractivity (Wildman–Crippen MR) is 91.7 cm³/mol. The highest BCUT2D eigenvalue weighted by atomic mass is 35.5. The van der Waals surface area contributed by atoms with Crippen molar-refractivity contribution in [3.05, 3.63) is 70.6 Å². The molecule has 124 valence electrons. The van der Waals surface area contributed by atoms with Gasteiger partial charge in [0.05, 0.1) is 18.2 Å². The third-order valence-electron chi connectivity index (χ3n) is 3.92. The van der Waals surface area contributed by atoms with Gasteiger partial charge in [-0.1, -0.05) is 35.9 Å². The number of aromatic amines is 1. The van der Waals surface area contributed by atoms with Crippen molar-refractivity contribution in [3.8, 4) is 0 Å². The van der Waals surface area contributed by atoms with Crippen molar-refractivity contribution in [2.45, 2.75) is 12.5 Å². The molecule has 1 aromatic heterocycles.